The van der Waals surface area contributed by atoms with Gasteiger partial charge in [0.25, 0.3) is 0 Å². The zero-order chi connectivity index (χ0) is 12.0. The van der Waals surface area contributed by atoms with Gasteiger partial charge in [0.1, 0.15) is 6.10 Å². The van der Waals surface area contributed by atoms with Crippen molar-refractivity contribution in [2.75, 3.05) is 0 Å². The molecule has 2 atom stereocenters. The number of halogens is 5. The molecule has 0 radical (unpaired) electrons. The molecule has 1 aliphatic heterocycles. The second-order valence-corrected chi connectivity index (χ2v) is 3.23. The maximum atomic E-state index is 13.0. The summed E-state index contributed by atoms with van der Waals surface area (Å²) in [7, 11) is 0. The van der Waals surface area contributed by atoms with E-state index in [0.717, 1.165) is 0 Å². The van der Waals surface area contributed by atoms with Crippen molar-refractivity contribution in [1.82, 2.24) is 0 Å². The first-order chi connectivity index (χ1) is 7.43. The van der Waals surface area contributed by atoms with Gasteiger partial charge in [-0.15, -0.1) is 0 Å². The summed E-state index contributed by atoms with van der Waals surface area (Å²) < 4.78 is 73.2. The highest BCUT2D eigenvalue weighted by Crippen LogP contribution is 2.33. The molecule has 1 aromatic carbocycles. The molecule has 2 nitrogen and oxygen atoms in total. The average Bonchev–Trinajstić information content (AvgIpc) is 2.95. The van der Waals surface area contributed by atoms with Gasteiger partial charge in [0.05, 0.1) is 0 Å². The van der Waals surface area contributed by atoms with Crippen molar-refractivity contribution < 1.29 is 31.4 Å². The number of hydrogen-bond acceptors (Lipinski definition) is 2. The Morgan fingerprint density at radius 3 is 1.62 bits per heavy atom. The number of epoxide rings is 1. The SMILES string of the molecule is CC1OC1Oc1c(F)c(F)c(F)c(F)c1F. The van der Waals surface area contributed by atoms with Gasteiger partial charge in [-0.2, -0.15) is 8.78 Å². The van der Waals surface area contributed by atoms with Crippen LogP contribution in [-0.4, -0.2) is 12.4 Å². The van der Waals surface area contributed by atoms with Gasteiger partial charge in [-0.1, -0.05) is 0 Å². The molecule has 7 heteroatoms. The Morgan fingerprint density at radius 1 is 0.875 bits per heavy atom. The Labute approximate surface area is 86.6 Å². The Balaban J connectivity index is 2.43. The molecule has 2 rings (SSSR count). The molecule has 1 aliphatic rings. The highest BCUT2D eigenvalue weighted by molar-refractivity contribution is 5.30. The standard InChI is InChI=1S/C9H5F5O2/c1-2-9(15-2)16-8-6(13)4(11)3(10)5(12)7(8)14/h2,9H,1H3. The summed E-state index contributed by atoms with van der Waals surface area (Å²) in [6, 6.07) is 0. The Morgan fingerprint density at radius 2 is 1.25 bits per heavy atom. The summed E-state index contributed by atoms with van der Waals surface area (Å²) in [6.45, 7) is 1.52. The van der Waals surface area contributed by atoms with Crippen LogP contribution in [0, 0.1) is 29.1 Å². The fourth-order valence-electron chi connectivity index (χ4n) is 1.09. The number of rotatable bonds is 2. The fourth-order valence-corrected chi connectivity index (χ4v) is 1.09. The van der Waals surface area contributed by atoms with E-state index >= 15 is 0 Å². The molecule has 2 unspecified atom stereocenters. The average molecular weight is 240 g/mol. The predicted octanol–water partition coefficient (Wildman–Crippen LogP) is 2.51. The van der Waals surface area contributed by atoms with Crippen LogP contribution in [-0.2, 0) is 4.74 Å². The molecule has 1 heterocycles. The monoisotopic (exact) mass is 240 g/mol. The van der Waals surface area contributed by atoms with E-state index in [1.807, 2.05) is 0 Å². The normalized spacial score (nSPS) is 23.4. The van der Waals surface area contributed by atoms with Crippen molar-refractivity contribution in [2.24, 2.45) is 0 Å². The van der Waals surface area contributed by atoms with E-state index in [1.54, 1.807) is 0 Å². The third-order valence-electron chi connectivity index (χ3n) is 2.06. The molecule has 0 N–H and O–H groups in total. The molecule has 88 valence electrons. The van der Waals surface area contributed by atoms with Crippen LogP contribution in [0.2, 0.25) is 0 Å². The molecule has 1 fully saturated rings. The fraction of sp³-hybridized carbons (Fsp3) is 0.333. The van der Waals surface area contributed by atoms with Crippen LogP contribution in [0.3, 0.4) is 0 Å². The summed E-state index contributed by atoms with van der Waals surface area (Å²) in [4.78, 5) is 0. The second kappa shape index (κ2) is 3.58. The van der Waals surface area contributed by atoms with Gasteiger partial charge in [-0.25, -0.2) is 13.2 Å². The summed E-state index contributed by atoms with van der Waals surface area (Å²) in [5.74, 6) is -11.6. The van der Waals surface area contributed by atoms with Gasteiger partial charge in [0.15, 0.2) is 0 Å². The van der Waals surface area contributed by atoms with Gasteiger partial charge >= 0.3 is 0 Å². The minimum absolute atomic E-state index is 0.435. The molecule has 0 spiro atoms. The molecule has 0 amide bonds. The largest absolute Gasteiger partial charge is 0.456 e. The molecule has 0 aliphatic carbocycles. The first-order valence-corrected chi connectivity index (χ1v) is 4.27. The van der Waals surface area contributed by atoms with Crippen LogP contribution in [0.15, 0.2) is 0 Å². The van der Waals surface area contributed by atoms with E-state index in [0.29, 0.717) is 0 Å². The summed E-state index contributed by atoms with van der Waals surface area (Å²) in [5, 5.41) is 0. The summed E-state index contributed by atoms with van der Waals surface area (Å²) >= 11 is 0. The van der Waals surface area contributed by atoms with Crippen molar-refractivity contribution in [3.63, 3.8) is 0 Å². The van der Waals surface area contributed by atoms with E-state index in [2.05, 4.69) is 9.47 Å². The lowest BCUT2D eigenvalue weighted by Crippen LogP contribution is -2.10. The summed E-state index contributed by atoms with van der Waals surface area (Å²) in [6.07, 6.45) is -1.41. The molecule has 1 saturated heterocycles. The second-order valence-electron chi connectivity index (χ2n) is 3.23. The molecule has 0 bridgehead atoms. The zero-order valence-electron chi connectivity index (χ0n) is 7.86. The lowest BCUT2D eigenvalue weighted by Gasteiger charge is -2.07. The van der Waals surface area contributed by atoms with Gasteiger partial charge in [0.2, 0.25) is 41.1 Å². The van der Waals surface area contributed by atoms with Crippen molar-refractivity contribution >= 4 is 0 Å². The third kappa shape index (κ3) is 1.60. The molecule has 16 heavy (non-hydrogen) atoms. The van der Waals surface area contributed by atoms with Gasteiger partial charge in [-0.05, 0) is 6.92 Å². The zero-order valence-corrected chi connectivity index (χ0v) is 7.86. The van der Waals surface area contributed by atoms with Crippen LogP contribution >= 0.6 is 0 Å². The number of hydrogen-bond donors (Lipinski definition) is 0. The highest BCUT2D eigenvalue weighted by atomic mass is 19.2. The molecule has 0 saturated carbocycles. The van der Waals surface area contributed by atoms with Crippen LogP contribution < -0.4 is 4.74 Å². The van der Waals surface area contributed by atoms with Crippen molar-refractivity contribution in [2.45, 2.75) is 19.3 Å². The van der Waals surface area contributed by atoms with E-state index in [1.165, 1.54) is 6.92 Å². The Bertz CT molecular complexity index is 419. The first kappa shape index (κ1) is 11.1. The third-order valence-corrected chi connectivity index (χ3v) is 2.06. The van der Waals surface area contributed by atoms with Crippen LogP contribution in [0.4, 0.5) is 22.0 Å². The predicted molar refractivity (Wildman–Crippen MR) is 41.2 cm³/mol. The molecule has 1 aromatic rings. The first-order valence-electron chi connectivity index (χ1n) is 4.27. The Hall–Kier alpha value is -1.37. The molecular formula is C9H5F5O2. The maximum absolute atomic E-state index is 13.0. The van der Waals surface area contributed by atoms with Crippen molar-refractivity contribution in [3.05, 3.63) is 29.1 Å². The number of benzene rings is 1. The lowest BCUT2D eigenvalue weighted by molar-refractivity contribution is 0.159. The van der Waals surface area contributed by atoms with E-state index < -0.39 is 47.2 Å². The minimum Gasteiger partial charge on any atom is -0.456 e. The Kier molecular flexibility index (Phi) is 2.49. The lowest BCUT2D eigenvalue weighted by atomic mass is 10.2. The van der Waals surface area contributed by atoms with Crippen LogP contribution in [0.1, 0.15) is 6.92 Å². The van der Waals surface area contributed by atoms with Crippen molar-refractivity contribution in [3.8, 4) is 5.75 Å². The summed E-state index contributed by atoms with van der Waals surface area (Å²) in [5.41, 5.74) is 0. The molecule has 0 aromatic heterocycles. The molecular weight excluding hydrogens is 235 g/mol. The minimum atomic E-state index is -2.22. The van der Waals surface area contributed by atoms with Crippen LogP contribution in [0.25, 0.3) is 0 Å². The smallest absolute Gasteiger partial charge is 0.227 e. The van der Waals surface area contributed by atoms with Gasteiger partial charge in [0, 0.05) is 0 Å². The van der Waals surface area contributed by atoms with E-state index in [-0.39, 0.29) is 0 Å². The number of ether oxygens (including phenoxy) is 2. The topological polar surface area (TPSA) is 21.8 Å². The van der Waals surface area contributed by atoms with Gasteiger partial charge in [-0.3, -0.25) is 0 Å². The van der Waals surface area contributed by atoms with Crippen LogP contribution in [0.5, 0.6) is 5.75 Å². The van der Waals surface area contributed by atoms with Crippen molar-refractivity contribution in [1.29, 1.82) is 0 Å². The van der Waals surface area contributed by atoms with Gasteiger partial charge < -0.3 is 9.47 Å². The van der Waals surface area contributed by atoms with E-state index in [4.69, 9.17) is 0 Å². The highest BCUT2D eigenvalue weighted by Gasteiger charge is 2.39. The maximum Gasteiger partial charge on any atom is 0.227 e. The quantitative estimate of drug-likeness (QED) is 0.343. The van der Waals surface area contributed by atoms with E-state index in [9.17, 15) is 22.0 Å².